The maximum absolute atomic E-state index is 11.0. The van der Waals surface area contributed by atoms with Crippen molar-refractivity contribution in [2.24, 2.45) is 5.92 Å². The molecule has 1 heterocycles. The third kappa shape index (κ3) is 1.39. The van der Waals surface area contributed by atoms with Crippen molar-refractivity contribution in [1.29, 1.82) is 0 Å². The van der Waals surface area contributed by atoms with Gasteiger partial charge in [0.25, 0.3) is 0 Å². The second-order valence-electron chi connectivity index (χ2n) is 3.90. The van der Waals surface area contributed by atoms with Gasteiger partial charge in [-0.1, -0.05) is 6.92 Å². The number of carboxylic acid groups (broad SMARTS) is 1. The van der Waals surface area contributed by atoms with Crippen LogP contribution in [0.4, 0.5) is 5.00 Å². The smallest absolute Gasteiger partial charge is 0.338 e. The molecule has 4 heteroatoms. The predicted molar refractivity (Wildman–Crippen MR) is 56.9 cm³/mol. The van der Waals surface area contributed by atoms with E-state index in [2.05, 4.69) is 6.92 Å². The van der Waals surface area contributed by atoms with Gasteiger partial charge in [0.15, 0.2) is 0 Å². The van der Waals surface area contributed by atoms with Crippen LogP contribution in [0.1, 0.15) is 34.1 Å². The SMILES string of the molecule is C[C@@H]1CCc2c(sc(N)c2C(=O)O)C1. The molecule has 0 aromatic carbocycles. The quantitative estimate of drug-likeness (QED) is 0.748. The van der Waals surface area contributed by atoms with Crippen LogP contribution in [0, 0.1) is 5.92 Å². The van der Waals surface area contributed by atoms with Crippen LogP contribution in [0.25, 0.3) is 0 Å². The van der Waals surface area contributed by atoms with E-state index >= 15 is 0 Å². The highest BCUT2D eigenvalue weighted by Crippen LogP contribution is 2.37. The molecule has 0 spiro atoms. The zero-order chi connectivity index (χ0) is 10.3. The minimum absolute atomic E-state index is 0.358. The molecule has 0 fully saturated rings. The topological polar surface area (TPSA) is 63.3 Å². The maximum atomic E-state index is 11.0. The summed E-state index contributed by atoms with van der Waals surface area (Å²) >= 11 is 1.45. The van der Waals surface area contributed by atoms with E-state index in [1.807, 2.05) is 0 Å². The summed E-state index contributed by atoms with van der Waals surface area (Å²) in [6, 6.07) is 0. The zero-order valence-corrected chi connectivity index (χ0v) is 8.86. The van der Waals surface area contributed by atoms with Crippen molar-refractivity contribution in [3.63, 3.8) is 0 Å². The van der Waals surface area contributed by atoms with Crippen LogP contribution >= 0.6 is 11.3 Å². The van der Waals surface area contributed by atoms with E-state index in [0.717, 1.165) is 24.8 Å². The number of hydrogen-bond acceptors (Lipinski definition) is 3. The summed E-state index contributed by atoms with van der Waals surface area (Å²) in [6.45, 7) is 2.19. The maximum Gasteiger partial charge on any atom is 0.338 e. The fraction of sp³-hybridized carbons (Fsp3) is 0.500. The summed E-state index contributed by atoms with van der Waals surface area (Å²) in [5.74, 6) is -0.225. The van der Waals surface area contributed by atoms with Crippen LogP contribution in [0.3, 0.4) is 0 Å². The third-order valence-corrected chi connectivity index (χ3v) is 3.84. The van der Waals surface area contributed by atoms with Crippen LogP contribution in [0.15, 0.2) is 0 Å². The summed E-state index contributed by atoms with van der Waals surface area (Å²) < 4.78 is 0. The van der Waals surface area contributed by atoms with E-state index in [0.29, 0.717) is 16.5 Å². The molecule has 1 aliphatic carbocycles. The molecule has 1 aliphatic rings. The van der Waals surface area contributed by atoms with E-state index < -0.39 is 5.97 Å². The number of carbonyl (C=O) groups is 1. The summed E-state index contributed by atoms with van der Waals surface area (Å²) in [7, 11) is 0. The predicted octanol–water partition coefficient (Wildman–Crippen LogP) is 2.15. The highest BCUT2D eigenvalue weighted by atomic mass is 32.1. The van der Waals surface area contributed by atoms with Gasteiger partial charge < -0.3 is 10.8 Å². The molecular weight excluding hydrogens is 198 g/mol. The van der Waals surface area contributed by atoms with Gasteiger partial charge in [0.2, 0.25) is 0 Å². The number of nitrogen functional groups attached to an aromatic ring is 1. The Morgan fingerprint density at radius 2 is 2.36 bits per heavy atom. The van der Waals surface area contributed by atoms with E-state index in [1.165, 1.54) is 16.2 Å². The van der Waals surface area contributed by atoms with Crippen molar-refractivity contribution in [3.05, 3.63) is 16.0 Å². The van der Waals surface area contributed by atoms with Gasteiger partial charge in [0.05, 0.1) is 5.56 Å². The van der Waals surface area contributed by atoms with Crippen LogP contribution in [0.5, 0.6) is 0 Å². The molecule has 1 atom stereocenters. The Balaban J connectivity index is 2.49. The summed E-state index contributed by atoms with van der Waals surface area (Å²) in [4.78, 5) is 12.1. The van der Waals surface area contributed by atoms with Gasteiger partial charge >= 0.3 is 5.97 Å². The normalized spacial score (nSPS) is 20.5. The van der Waals surface area contributed by atoms with Crippen molar-refractivity contribution in [3.8, 4) is 0 Å². The molecular formula is C10H13NO2S. The van der Waals surface area contributed by atoms with Crippen LogP contribution in [-0.2, 0) is 12.8 Å². The number of fused-ring (bicyclic) bond motifs is 1. The van der Waals surface area contributed by atoms with Gasteiger partial charge in [-0.2, -0.15) is 0 Å². The Morgan fingerprint density at radius 1 is 1.64 bits per heavy atom. The Hall–Kier alpha value is -1.03. The van der Waals surface area contributed by atoms with Crippen LogP contribution < -0.4 is 5.73 Å². The number of hydrogen-bond donors (Lipinski definition) is 2. The fourth-order valence-corrected chi connectivity index (χ4v) is 3.28. The molecule has 14 heavy (non-hydrogen) atoms. The van der Waals surface area contributed by atoms with Crippen molar-refractivity contribution >= 4 is 22.3 Å². The molecule has 0 bridgehead atoms. The minimum atomic E-state index is -0.880. The molecule has 1 aromatic rings. The Bertz CT molecular complexity index is 384. The molecule has 76 valence electrons. The van der Waals surface area contributed by atoms with E-state index in [9.17, 15) is 4.79 Å². The second kappa shape index (κ2) is 3.28. The van der Waals surface area contributed by atoms with E-state index in [4.69, 9.17) is 10.8 Å². The Morgan fingerprint density at radius 3 is 3.00 bits per heavy atom. The average Bonchev–Trinajstić information content (AvgIpc) is 2.39. The van der Waals surface area contributed by atoms with Crippen LogP contribution in [0.2, 0.25) is 0 Å². The number of rotatable bonds is 1. The fourth-order valence-electron chi connectivity index (χ4n) is 2.01. The second-order valence-corrected chi connectivity index (χ2v) is 5.03. The molecule has 2 rings (SSSR count). The number of aromatic carboxylic acids is 1. The first-order chi connectivity index (χ1) is 6.59. The number of thiophene rings is 1. The molecule has 1 aromatic heterocycles. The third-order valence-electron chi connectivity index (χ3n) is 2.75. The molecule has 0 saturated carbocycles. The number of carboxylic acids is 1. The van der Waals surface area contributed by atoms with Crippen LogP contribution in [-0.4, -0.2) is 11.1 Å². The van der Waals surface area contributed by atoms with Crippen molar-refractivity contribution < 1.29 is 9.90 Å². The van der Waals surface area contributed by atoms with Gasteiger partial charge in [0, 0.05) is 4.88 Å². The lowest BCUT2D eigenvalue weighted by molar-refractivity contribution is 0.0697. The van der Waals surface area contributed by atoms with Crippen molar-refractivity contribution in [2.45, 2.75) is 26.2 Å². The Labute approximate surface area is 86.6 Å². The summed E-state index contributed by atoms with van der Waals surface area (Å²) in [5, 5.41) is 9.47. The monoisotopic (exact) mass is 211 g/mol. The summed E-state index contributed by atoms with van der Waals surface area (Å²) in [6.07, 6.45) is 2.92. The largest absolute Gasteiger partial charge is 0.478 e. The van der Waals surface area contributed by atoms with E-state index in [1.54, 1.807) is 0 Å². The first-order valence-electron chi connectivity index (χ1n) is 4.73. The van der Waals surface area contributed by atoms with Gasteiger partial charge in [-0.25, -0.2) is 4.79 Å². The van der Waals surface area contributed by atoms with Gasteiger partial charge in [0.1, 0.15) is 5.00 Å². The molecule has 3 nitrogen and oxygen atoms in total. The average molecular weight is 211 g/mol. The van der Waals surface area contributed by atoms with Crippen molar-refractivity contribution in [1.82, 2.24) is 0 Å². The standard InChI is InChI=1S/C10H13NO2S/c1-5-2-3-6-7(4-5)14-9(11)8(6)10(12)13/h5H,2-4,11H2,1H3,(H,12,13)/t5-/m1/s1. The molecule has 0 radical (unpaired) electrons. The highest BCUT2D eigenvalue weighted by Gasteiger charge is 2.25. The zero-order valence-electron chi connectivity index (χ0n) is 8.04. The Kier molecular flexibility index (Phi) is 2.23. The molecule has 0 unspecified atom stereocenters. The first kappa shape index (κ1) is 9.52. The molecule has 0 aliphatic heterocycles. The number of anilines is 1. The number of nitrogens with two attached hydrogens (primary N) is 1. The first-order valence-corrected chi connectivity index (χ1v) is 5.54. The van der Waals surface area contributed by atoms with Gasteiger partial charge in [-0.15, -0.1) is 11.3 Å². The molecule has 3 N–H and O–H groups in total. The van der Waals surface area contributed by atoms with Gasteiger partial charge in [-0.05, 0) is 30.7 Å². The van der Waals surface area contributed by atoms with Gasteiger partial charge in [-0.3, -0.25) is 0 Å². The lowest BCUT2D eigenvalue weighted by atomic mass is 9.88. The highest BCUT2D eigenvalue weighted by molar-refractivity contribution is 7.16. The lowest BCUT2D eigenvalue weighted by Crippen LogP contribution is -2.12. The molecule has 0 saturated heterocycles. The van der Waals surface area contributed by atoms with E-state index in [-0.39, 0.29) is 0 Å². The van der Waals surface area contributed by atoms with Crippen molar-refractivity contribution in [2.75, 3.05) is 5.73 Å². The molecule has 0 amide bonds. The minimum Gasteiger partial charge on any atom is -0.478 e. The summed E-state index contributed by atoms with van der Waals surface area (Å²) in [5.41, 5.74) is 7.05. The lowest BCUT2D eigenvalue weighted by Gasteiger charge is -2.17.